The first-order chi connectivity index (χ1) is 23.3. The van der Waals surface area contributed by atoms with E-state index in [4.69, 9.17) is 21.4 Å². The zero-order valence-electron chi connectivity index (χ0n) is 28.7. The van der Waals surface area contributed by atoms with Crippen LogP contribution in [0.1, 0.15) is 84.2 Å². The van der Waals surface area contributed by atoms with Gasteiger partial charge in [-0.15, -0.1) is 0 Å². The van der Waals surface area contributed by atoms with Gasteiger partial charge in [0.25, 0.3) is 0 Å². The number of hydrogen-bond acceptors (Lipinski definition) is 7. The molecule has 1 aromatic rings. The summed E-state index contributed by atoms with van der Waals surface area (Å²) in [6.07, 6.45) is -2.11. The fourth-order valence-electron chi connectivity index (χ4n) is 4.65. The number of aliphatic carboxylic acids is 1. The van der Waals surface area contributed by atoms with E-state index in [1.807, 2.05) is 6.07 Å². The average Bonchev–Trinajstić information content (AvgIpc) is 3.04. The first kappa shape index (κ1) is 43.1. The fourth-order valence-corrected chi connectivity index (χ4v) is 4.65. The first-order valence-corrected chi connectivity index (χ1v) is 16.2. The van der Waals surface area contributed by atoms with Gasteiger partial charge in [0.05, 0.1) is 0 Å². The van der Waals surface area contributed by atoms with E-state index >= 15 is 0 Å². The molecule has 1 fully saturated rings. The molecular formula is C32H49F3N8O7. The summed E-state index contributed by atoms with van der Waals surface area (Å²) >= 11 is 0. The number of nitrogens with zero attached hydrogens (tertiary/aromatic N) is 1. The van der Waals surface area contributed by atoms with Crippen LogP contribution in [0.15, 0.2) is 35.3 Å². The molecule has 0 saturated carbocycles. The van der Waals surface area contributed by atoms with Crippen molar-refractivity contribution in [3.8, 4) is 0 Å². The number of carbonyl (C=O) groups excluding carboxylic acids is 5. The molecule has 1 aliphatic heterocycles. The number of rotatable bonds is 8. The van der Waals surface area contributed by atoms with E-state index in [0.717, 1.165) is 0 Å². The molecule has 4 atom stereocenters. The van der Waals surface area contributed by atoms with Gasteiger partial charge in [-0.3, -0.25) is 29.0 Å². The number of alkyl halides is 3. The number of halogens is 3. The van der Waals surface area contributed by atoms with Gasteiger partial charge in [0.1, 0.15) is 23.7 Å². The summed E-state index contributed by atoms with van der Waals surface area (Å²) in [7, 11) is 0. The molecule has 1 aromatic carbocycles. The number of amides is 5. The lowest BCUT2D eigenvalue weighted by Crippen LogP contribution is -2.62. The summed E-state index contributed by atoms with van der Waals surface area (Å²) in [6.45, 7) is 7.43. The minimum absolute atomic E-state index is 0.0916. The molecule has 1 heterocycles. The number of carboxylic acids is 1. The average molecular weight is 715 g/mol. The van der Waals surface area contributed by atoms with Crippen molar-refractivity contribution >= 4 is 41.5 Å². The summed E-state index contributed by atoms with van der Waals surface area (Å²) in [5.74, 6) is -5.50. The molecule has 5 amide bonds. The van der Waals surface area contributed by atoms with Crippen molar-refractivity contribution in [1.29, 1.82) is 0 Å². The molecule has 1 saturated heterocycles. The van der Waals surface area contributed by atoms with Crippen molar-refractivity contribution in [3.05, 3.63) is 35.9 Å². The van der Waals surface area contributed by atoms with Gasteiger partial charge < -0.3 is 43.2 Å². The number of carboxylic acid groups (broad SMARTS) is 1. The summed E-state index contributed by atoms with van der Waals surface area (Å²) in [5.41, 5.74) is 10.2. The highest BCUT2D eigenvalue weighted by molar-refractivity contribution is 5.97. The fraction of sp³-hybridized carbons (Fsp3) is 0.594. The highest BCUT2D eigenvalue weighted by Crippen LogP contribution is 2.19. The zero-order valence-corrected chi connectivity index (χ0v) is 28.7. The zero-order chi connectivity index (χ0) is 38.1. The maximum absolute atomic E-state index is 13.7. The second-order valence-electron chi connectivity index (χ2n) is 12.2. The second-order valence-corrected chi connectivity index (χ2v) is 12.2. The number of aliphatic imine (C=N–C) groups is 1. The van der Waals surface area contributed by atoms with Crippen molar-refractivity contribution in [3.63, 3.8) is 0 Å². The predicted molar refractivity (Wildman–Crippen MR) is 178 cm³/mol. The molecule has 1 aliphatic rings. The van der Waals surface area contributed by atoms with Crippen molar-refractivity contribution in [2.75, 3.05) is 13.1 Å². The Balaban J connectivity index is 0.00000161. The molecule has 15 nitrogen and oxygen atoms in total. The number of hydrogen-bond donors (Lipinski definition) is 8. The summed E-state index contributed by atoms with van der Waals surface area (Å²) in [5, 5.41) is 21.2. The van der Waals surface area contributed by atoms with Crippen LogP contribution in [-0.2, 0) is 28.8 Å². The monoisotopic (exact) mass is 714 g/mol. The van der Waals surface area contributed by atoms with E-state index in [0.29, 0.717) is 44.2 Å². The standard InChI is InChI=1S/C30H48N8O5.C2HF3O2/c1-5-21-25(40)37-23(20-13-8-6-9-14-20)27(42)33-17-11-7-10-16-30(4,38-24(39)19(2)3)28(43)36-22(26(41)35-21)15-12-18-34-29(31)32;3-2(4,5)1(6)7/h6,8-9,13-14,19,21-23H,5,7,10-12,15-18H2,1-4H3,(H,33,42)(H,35,41)(H,36,43)(H,37,40)(H,38,39)(H4,31,32,34);(H,6,7)/t21-,22-,23+,30+;/m0./s1. The Kier molecular flexibility index (Phi) is 17.7. The van der Waals surface area contributed by atoms with Gasteiger partial charge in [-0.2, -0.15) is 13.2 Å². The molecular weight excluding hydrogens is 665 g/mol. The van der Waals surface area contributed by atoms with Crippen molar-refractivity contribution in [2.45, 2.75) is 102 Å². The molecule has 2 rings (SSSR count). The van der Waals surface area contributed by atoms with Gasteiger partial charge in [0.2, 0.25) is 29.5 Å². The third-order valence-corrected chi connectivity index (χ3v) is 7.61. The largest absolute Gasteiger partial charge is 0.490 e. The first-order valence-electron chi connectivity index (χ1n) is 16.2. The van der Waals surface area contributed by atoms with Crippen LogP contribution < -0.4 is 38.1 Å². The number of benzene rings is 1. The predicted octanol–water partition coefficient (Wildman–Crippen LogP) is 1.13. The van der Waals surface area contributed by atoms with Gasteiger partial charge in [-0.05, 0) is 44.6 Å². The minimum Gasteiger partial charge on any atom is -0.475 e. The van der Waals surface area contributed by atoms with Crippen LogP contribution in [0.2, 0.25) is 0 Å². The molecule has 0 unspecified atom stereocenters. The Morgan fingerprint density at radius 2 is 1.58 bits per heavy atom. The molecule has 50 heavy (non-hydrogen) atoms. The number of guanidine groups is 1. The van der Waals surface area contributed by atoms with Crippen LogP contribution in [0, 0.1) is 5.92 Å². The third-order valence-electron chi connectivity index (χ3n) is 7.61. The number of nitrogens with one attached hydrogen (secondary N) is 5. The second kappa shape index (κ2) is 20.6. The Bertz CT molecular complexity index is 1340. The Morgan fingerprint density at radius 1 is 0.980 bits per heavy atom. The van der Waals surface area contributed by atoms with Crippen LogP contribution in [0.3, 0.4) is 0 Å². The minimum atomic E-state index is -5.08. The van der Waals surface area contributed by atoms with E-state index in [9.17, 15) is 37.1 Å². The Morgan fingerprint density at radius 3 is 2.12 bits per heavy atom. The molecule has 18 heteroatoms. The van der Waals surface area contributed by atoms with E-state index < -0.39 is 53.5 Å². The lowest BCUT2D eigenvalue weighted by atomic mass is 9.91. The van der Waals surface area contributed by atoms with Gasteiger partial charge in [0.15, 0.2) is 5.96 Å². The van der Waals surface area contributed by atoms with Gasteiger partial charge in [-0.1, -0.05) is 63.9 Å². The van der Waals surface area contributed by atoms with Gasteiger partial charge >= 0.3 is 12.1 Å². The SMILES string of the molecule is CC[C@@H]1NC(=O)[C@H](CCCN=C(N)N)NC(=O)[C@](C)(NC(=O)C(C)C)CCCCCNC(=O)[C@@H](c2ccccc2)NC1=O.O=C(O)C(F)(F)F. The summed E-state index contributed by atoms with van der Waals surface area (Å²) in [6, 6.07) is 5.90. The highest BCUT2D eigenvalue weighted by atomic mass is 19.4. The van der Waals surface area contributed by atoms with E-state index in [1.165, 1.54) is 0 Å². The van der Waals surface area contributed by atoms with E-state index in [-0.39, 0.29) is 43.1 Å². The summed E-state index contributed by atoms with van der Waals surface area (Å²) < 4.78 is 31.7. The van der Waals surface area contributed by atoms with Gasteiger partial charge in [0, 0.05) is 19.0 Å². The van der Waals surface area contributed by atoms with E-state index in [2.05, 4.69) is 31.6 Å². The van der Waals surface area contributed by atoms with Crippen LogP contribution >= 0.6 is 0 Å². The van der Waals surface area contributed by atoms with Crippen molar-refractivity contribution in [2.24, 2.45) is 22.4 Å². The molecule has 0 bridgehead atoms. The molecule has 0 aliphatic carbocycles. The van der Waals surface area contributed by atoms with Crippen molar-refractivity contribution in [1.82, 2.24) is 26.6 Å². The normalized spacial score (nSPS) is 22.7. The molecule has 0 aromatic heterocycles. The topological polar surface area (TPSA) is 247 Å². The lowest BCUT2D eigenvalue weighted by molar-refractivity contribution is -0.192. The van der Waals surface area contributed by atoms with E-state index in [1.54, 1.807) is 52.0 Å². The van der Waals surface area contributed by atoms with Crippen molar-refractivity contribution < 1.29 is 47.0 Å². The van der Waals surface area contributed by atoms with Crippen LogP contribution in [0.4, 0.5) is 13.2 Å². The number of nitrogens with two attached hydrogens (primary N) is 2. The van der Waals surface area contributed by atoms with Crippen LogP contribution in [0.5, 0.6) is 0 Å². The quantitative estimate of drug-likeness (QED) is 0.109. The molecule has 280 valence electrons. The third kappa shape index (κ3) is 15.1. The highest BCUT2D eigenvalue weighted by Gasteiger charge is 2.39. The van der Waals surface area contributed by atoms with Crippen LogP contribution in [-0.4, -0.2) is 83.5 Å². The van der Waals surface area contributed by atoms with Gasteiger partial charge in [-0.25, -0.2) is 4.79 Å². The molecule has 0 radical (unpaired) electrons. The summed E-state index contributed by atoms with van der Waals surface area (Å²) in [4.78, 5) is 79.3. The molecule has 10 N–H and O–H groups in total. The Labute approximate surface area is 289 Å². The number of carbonyl (C=O) groups is 6. The van der Waals surface area contributed by atoms with Crippen LogP contribution in [0.25, 0.3) is 0 Å². The Hall–Kier alpha value is -4.90. The maximum atomic E-state index is 13.7. The smallest absolute Gasteiger partial charge is 0.475 e. The maximum Gasteiger partial charge on any atom is 0.490 e. The molecule has 0 spiro atoms. The lowest BCUT2D eigenvalue weighted by Gasteiger charge is -2.32.